The fourth-order valence-corrected chi connectivity index (χ4v) is 2.45. The van der Waals surface area contributed by atoms with E-state index in [4.69, 9.17) is 4.98 Å². The predicted octanol–water partition coefficient (Wildman–Crippen LogP) is 4.05. The molecule has 3 rings (SSSR count). The molecule has 0 spiro atoms. The van der Waals surface area contributed by atoms with Gasteiger partial charge in [-0.1, -0.05) is 12.1 Å². The summed E-state index contributed by atoms with van der Waals surface area (Å²) in [5.41, 5.74) is 3.30. The Balaban J connectivity index is 0.00000161. The Morgan fingerprint density at radius 2 is 1.81 bits per heavy atom. The number of nitrogens with zero attached hydrogens (tertiary/aromatic N) is 3. The van der Waals surface area contributed by atoms with E-state index in [-0.39, 0.29) is 12.4 Å². The van der Waals surface area contributed by atoms with Crippen molar-refractivity contribution in [2.75, 3.05) is 5.32 Å². The summed E-state index contributed by atoms with van der Waals surface area (Å²) >= 11 is 0. The Hall–Kier alpha value is -2.07. The minimum atomic E-state index is 0. The van der Waals surface area contributed by atoms with E-state index in [1.54, 1.807) is 12.4 Å². The molecule has 4 nitrogen and oxygen atoms in total. The molecule has 0 atom stereocenters. The zero-order valence-corrected chi connectivity index (χ0v) is 13.0. The number of imidazole rings is 1. The molecule has 0 aliphatic rings. The van der Waals surface area contributed by atoms with Gasteiger partial charge in [-0.2, -0.15) is 0 Å². The Morgan fingerprint density at radius 1 is 1.10 bits per heavy atom. The highest BCUT2D eigenvalue weighted by Crippen LogP contribution is 2.21. The third kappa shape index (κ3) is 3.16. The number of para-hydroxylation sites is 2. The van der Waals surface area contributed by atoms with Crippen LogP contribution < -0.4 is 5.32 Å². The van der Waals surface area contributed by atoms with E-state index in [0.717, 1.165) is 17.0 Å². The highest BCUT2D eigenvalue weighted by Gasteiger charge is 2.12. The maximum absolute atomic E-state index is 4.73. The van der Waals surface area contributed by atoms with Gasteiger partial charge in [0.1, 0.15) is 5.82 Å². The molecule has 0 aliphatic carbocycles. The lowest BCUT2D eigenvalue weighted by atomic mass is 10.3. The van der Waals surface area contributed by atoms with E-state index >= 15 is 0 Å². The van der Waals surface area contributed by atoms with E-state index in [9.17, 15) is 0 Å². The Labute approximate surface area is 130 Å². The molecule has 0 bridgehead atoms. The van der Waals surface area contributed by atoms with Crippen molar-refractivity contribution >= 4 is 29.1 Å². The molecular weight excluding hydrogens is 284 g/mol. The molecule has 0 saturated heterocycles. The third-order valence-electron chi connectivity index (χ3n) is 3.32. The zero-order valence-electron chi connectivity index (χ0n) is 12.2. The van der Waals surface area contributed by atoms with E-state index in [1.807, 2.05) is 18.2 Å². The quantitative estimate of drug-likeness (QED) is 0.790. The number of fused-ring (bicyclic) bond motifs is 1. The molecule has 0 aliphatic heterocycles. The summed E-state index contributed by atoms with van der Waals surface area (Å²) in [6, 6.07) is 12.6. The summed E-state index contributed by atoms with van der Waals surface area (Å²) in [4.78, 5) is 8.75. The number of rotatable bonds is 4. The second-order valence-electron chi connectivity index (χ2n) is 5.07. The van der Waals surface area contributed by atoms with Crippen LogP contribution in [-0.4, -0.2) is 14.5 Å². The van der Waals surface area contributed by atoms with Gasteiger partial charge in [-0.3, -0.25) is 4.98 Å². The van der Waals surface area contributed by atoms with Crippen LogP contribution in [0.5, 0.6) is 0 Å². The molecule has 5 heteroatoms. The molecule has 21 heavy (non-hydrogen) atoms. The van der Waals surface area contributed by atoms with Crippen LogP contribution in [-0.2, 0) is 6.54 Å². The third-order valence-corrected chi connectivity index (χ3v) is 3.32. The summed E-state index contributed by atoms with van der Waals surface area (Å²) in [6.07, 6.45) is 3.57. The van der Waals surface area contributed by atoms with Gasteiger partial charge in [0.25, 0.3) is 0 Å². The van der Waals surface area contributed by atoms with Crippen LogP contribution in [0.15, 0.2) is 48.8 Å². The lowest BCUT2D eigenvalue weighted by Crippen LogP contribution is -2.10. The van der Waals surface area contributed by atoms with Gasteiger partial charge in [0.15, 0.2) is 0 Å². The van der Waals surface area contributed by atoms with Gasteiger partial charge < -0.3 is 9.88 Å². The van der Waals surface area contributed by atoms with E-state index in [2.05, 4.69) is 46.9 Å². The monoisotopic (exact) mass is 302 g/mol. The topological polar surface area (TPSA) is 42.7 Å². The zero-order chi connectivity index (χ0) is 13.9. The maximum atomic E-state index is 4.73. The summed E-state index contributed by atoms with van der Waals surface area (Å²) in [6.45, 7) is 5.07. The Morgan fingerprint density at radius 3 is 2.52 bits per heavy atom. The normalized spacial score (nSPS) is 10.6. The molecule has 0 amide bonds. The summed E-state index contributed by atoms with van der Waals surface area (Å²) in [7, 11) is 0. The summed E-state index contributed by atoms with van der Waals surface area (Å²) in [5, 5.41) is 3.39. The van der Waals surface area contributed by atoms with Crippen molar-refractivity contribution in [1.29, 1.82) is 0 Å². The molecule has 0 saturated carbocycles. The SMILES string of the molecule is CC(C)n1c(CNc2ccncc2)nc2ccccc21.Cl. The van der Waals surface area contributed by atoms with Crippen LogP contribution in [0.3, 0.4) is 0 Å². The van der Waals surface area contributed by atoms with Crippen molar-refractivity contribution in [3.8, 4) is 0 Å². The number of pyridine rings is 1. The second kappa shape index (κ2) is 6.59. The van der Waals surface area contributed by atoms with Gasteiger partial charge in [-0.25, -0.2) is 4.98 Å². The molecule has 1 N–H and O–H groups in total. The number of hydrogen-bond donors (Lipinski definition) is 1. The standard InChI is InChI=1S/C16H18N4.ClH/c1-12(2)20-15-6-4-3-5-14(15)19-16(20)11-18-13-7-9-17-10-8-13;/h3-10,12H,11H2,1-2H3,(H,17,18);1H. The van der Waals surface area contributed by atoms with Gasteiger partial charge in [0.2, 0.25) is 0 Å². The first-order chi connectivity index (χ1) is 9.75. The Bertz CT molecular complexity index is 707. The minimum Gasteiger partial charge on any atom is -0.378 e. The molecular formula is C16H19ClN4. The molecule has 0 unspecified atom stereocenters. The average Bonchev–Trinajstić information content (AvgIpc) is 2.84. The van der Waals surface area contributed by atoms with Gasteiger partial charge in [-0.05, 0) is 38.1 Å². The van der Waals surface area contributed by atoms with Crippen molar-refractivity contribution in [2.45, 2.75) is 26.4 Å². The molecule has 110 valence electrons. The van der Waals surface area contributed by atoms with Crippen molar-refractivity contribution in [2.24, 2.45) is 0 Å². The first-order valence-electron chi connectivity index (χ1n) is 6.85. The van der Waals surface area contributed by atoms with Crippen molar-refractivity contribution < 1.29 is 0 Å². The number of halogens is 1. The van der Waals surface area contributed by atoms with Crippen molar-refractivity contribution in [3.63, 3.8) is 0 Å². The number of benzene rings is 1. The van der Waals surface area contributed by atoms with E-state index < -0.39 is 0 Å². The Kier molecular flexibility index (Phi) is 4.81. The summed E-state index contributed by atoms with van der Waals surface area (Å²) in [5.74, 6) is 1.05. The number of anilines is 1. The van der Waals surface area contributed by atoms with Crippen LogP contribution in [0.4, 0.5) is 5.69 Å². The van der Waals surface area contributed by atoms with Gasteiger partial charge in [0, 0.05) is 24.1 Å². The van der Waals surface area contributed by atoms with E-state index in [1.165, 1.54) is 5.52 Å². The van der Waals surface area contributed by atoms with Crippen LogP contribution in [0.1, 0.15) is 25.7 Å². The second-order valence-corrected chi connectivity index (χ2v) is 5.07. The summed E-state index contributed by atoms with van der Waals surface area (Å²) < 4.78 is 2.28. The predicted molar refractivity (Wildman–Crippen MR) is 88.9 cm³/mol. The molecule has 2 aromatic heterocycles. The average molecular weight is 303 g/mol. The lowest BCUT2D eigenvalue weighted by molar-refractivity contribution is 0.589. The minimum absolute atomic E-state index is 0. The highest BCUT2D eigenvalue weighted by molar-refractivity contribution is 5.85. The van der Waals surface area contributed by atoms with Gasteiger partial charge in [-0.15, -0.1) is 12.4 Å². The lowest BCUT2D eigenvalue weighted by Gasteiger charge is -2.13. The van der Waals surface area contributed by atoms with E-state index in [0.29, 0.717) is 12.6 Å². The number of nitrogens with one attached hydrogen (secondary N) is 1. The van der Waals surface area contributed by atoms with Gasteiger partial charge >= 0.3 is 0 Å². The molecule has 2 heterocycles. The fraction of sp³-hybridized carbons (Fsp3) is 0.250. The molecule has 1 aromatic carbocycles. The molecule has 0 fully saturated rings. The van der Waals surface area contributed by atoms with Crippen molar-refractivity contribution in [1.82, 2.24) is 14.5 Å². The molecule has 3 aromatic rings. The van der Waals surface area contributed by atoms with Gasteiger partial charge in [0.05, 0.1) is 17.6 Å². The first-order valence-corrected chi connectivity index (χ1v) is 6.85. The van der Waals surface area contributed by atoms with Crippen LogP contribution in [0.25, 0.3) is 11.0 Å². The number of aromatic nitrogens is 3. The van der Waals surface area contributed by atoms with Crippen LogP contribution >= 0.6 is 12.4 Å². The van der Waals surface area contributed by atoms with Crippen molar-refractivity contribution in [3.05, 3.63) is 54.6 Å². The smallest absolute Gasteiger partial charge is 0.129 e. The first kappa shape index (κ1) is 15.3. The number of hydrogen-bond acceptors (Lipinski definition) is 3. The van der Waals surface area contributed by atoms with Crippen LogP contribution in [0.2, 0.25) is 0 Å². The fourth-order valence-electron chi connectivity index (χ4n) is 2.45. The van der Waals surface area contributed by atoms with Crippen LogP contribution in [0, 0.1) is 0 Å². The maximum Gasteiger partial charge on any atom is 0.129 e. The largest absolute Gasteiger partial charge is 0.378 e. The highest BCUT2D eigenvalue weighted by atomic mass is 35.5. The molecule has 0 radical (unpaired) electrons.